The van der Waals surface area contributed by atoms with Crippen LogP contribution in [0.1, 0.15) is 19.8 Å². The predicted octanol–water partition coefficient (Wildman–Crippen LogP) is 2.18. The summed E-state index contributed by atoms with van der Waals surface area (Å²) in [5.41, 5.74) is 6.90. The van der Waals surface area contributed by atoms with Gasteiger partial charge >= 0.3 is 0 Å². The summed E-state index contributed by atoms with van der Waals surface area (Å²) in [5, 5.41) is 3.22. The fraction of sp³-hybridized carbons (Fsp3) is 0.400. The van der Waals surface area contributed by atoms with Crippen LogP contribution >= 0.6 is 0 Å². The quantitative estimate of drug-likeness (QED) is 0.669. The minimum atomic E-state index is 0.0809. The molecule has 0 aliphatic heterocycles. The molecule has 0 saturated carbocycles. The minimum absolute atomic E-state index is 0.0809. The molecule has 1 atom stereocenters. The summed E-state index contributed by atoms with van der Waals surface area (Å²) >= 11 is 0. The van der Waals surface area contributed by atoms with Crippen LogP contribution in [0.4, 0.5) is 5.69 Å². The van der Waals surface area contributed by atoms with Crippen molar-refractivity contribution < 1.29 is 0 Å². The smallest absolute Gasteiger partial charge is 0.0742 e. The number of anilines is 1. The first kappa shape index (κ1) is 9.07. The van der Waals surface area contributed by atoms with Crippen molar-refractivity contribution >= 4 is 5.69 Å². The summed E-state index contributed by atoms with van der Waals surface area (Å²) in [7, 11) is 0. The third-order valence-corrected chi connectivity index (χ3v) is 1.73. The number of nitrogens with two attached hydrogens (primary N) is 1. The van der Waals surface area contributed by atoms with Gasteiger partial charge in [0, 0.05) is 5.69 Å². The van der Waals surface area contributed by atoms with Gasteiger partial charge in [-0.25, -0.2) is 0 Å². The van der Waals surface area contributed by atoms with Gasteiger partial charge in [0.2, 0.25) is 0 Å². The second-order valence-electron chi connectivity index (χ2n) is 2.91. The molecular formula is C10H16N2. The van der Waals surface area contributed by atoms with Crippen molar-refractivity contribution in [3.8, 4) is 0 Å². The Bertz CT molecular complexity index is 208. The molecule has 1 aromatic rings. The summed E-state index contributed by atoms with van der Waals surface area (Å²) < 4.78 is 0. The number of hydrogen-bond donors (Lipinski definition) is 2. The van der Waals surface area contributed by atoms with E-state index in [1.54, 1.807) is 0 Å². The molecule has 1 unspecified atom stereocenters. The molecule has 12 heavy (non-hydrogen) atoms. The van der Waals surface area contributed by atoms with Crippen molar-refractivity contribution in [3.05, 3.63) is 30.3 Å². The first-order valence-electron chi connectivity index (χ1n) is 4.40. The van der Waals surface area contributed by atoms with E-state index in [1.165, 1.54) is 0 Å². The Labute approximate surface area is 73.8 Å². The van der Waals surface area contributed by atoms with Crippen molar-refractivity contribution in [1.29, 1.82) is 0 Å². The number of rotatable bonds is 4. The standard InChI is InChI=1S/C10H16N2/c1-2-6-10(11)12-9-7-4-3-5-8-9/h3-5,7-8,10,12H,2,6,11H2,1H3. The summed E-state index contributed by atoms with van der Waals surface area (Å²) in [6.07, 6.45) is 2.20. The normalized spacial score (nSPS) is 12.5. The maximum atomic E-state index is 5.81. The Morgan fingerprint density at radius 3 is 2.58 bits per heavy atom. The van der Waals surface area contributed by atoms with E-state index in [9.17, 15) is 0 Å². The average molecular weight is 164 g/mol. The van der Waals surface area contributed by atoms with Crippen LogP contribution in [0.2, 0.25) is 0 Å². The first-order valence-corrected chi connectivity index (χ1v) is 4.40. The minimum Gasteiger partial charge on any atom is -0.370 e. The van der Waals surface area contributed by atoms with E-state index in [-0.39, 0.29) is 6.17 Å². The Kier molecular flexibility index (Phi) is 3.61. The number of hydrogen-bond acceptors (Lipinski definition) is 2. The van der Waals surface area contributed by atoms with Gasteiger partial charge in [0.05, 0.1) is 6.17 Å². The van der Waals surface area contributed by atoms with E-state index in [0.29, 0.717) is 0 Å². The van der Waals surface area contributed by atoms with E-state index in [0.717, 1.165) is 18.5 Å². The maximum Gasteiger partial charge on any atom is 0.0742 e. The van der Waals surface area contributed by atoms with Crippen molar-refractivity contribution in [1.82, 2.24) is 0 Å². The highest BCUT2D eigenvalue weighted by Gasteiger charge is 1.98. The monoisotopic (exact) mass is 164 g/mol. The highest BCUT2D eigenvalue weighted by Crippen LogP contribution is 2.06. The lowest BCUT2D eigenvalue weighted by Gasteiger charge is -2.13. The number of nitrogens with one attached hydrogen (secondary N) is 1. The molecule has 0 radical (unpaired) electrons. The molecule has 1 aromatic carbocycles. The third-order valence-electron chi connectivity index (χ3n) is 1.73. The molecule has 2 nitrogen and oxygen atoms in total. The zero-order chi connectivity index (χ0) is 8.81. The van der Waals surface area contributed by atoms with Gasteiger partial charge in [-0.2, -0.15) is 0 Å². The van der Waals surface area contributed by atoms with Gasteiger partial charge in [0.1, 0.15) is 0 Å². The molecule has 0 heterocycles. The van der Waals surface area contributed by atoms with Crippen LogP contribution in [0.15, 0.2) is 30.3 Å². The third kappa shape index (κ3) is 2.93. The largest absolute Gasteiger partial charge is 0.370 e. The Balaban J connectivity index is 2.41. The second-order valence-corrected chi connectivity index (χ2v) is 2.91. The zero-order valence-corrected chi connectivity index (χ0v) is 7.46. The van der Waals surface area contributed by atoms with Crippen LogP contribution in [0.25, 0.3) is 0 Å². The van der Waals surface area contributed by atoms with E-state index in [4.69, 9.17) is 5.73 Å². The lowest BCUT2D eigenvalue weighted by Crippen LogP contribution is -2.28. The van der Waals surface area contributed by atoms with E-state index in [1.807, 2.05) is 30.3 Å². The van der Waals surface area contributed by atoms with Crippen LogP contribution in [-0.4, -0.2) is 6.17 Å². The fourth-order valence-corrected chi connectivity index (χ4v) is 1.13. The Morgan fingerprint density at radius 2 is 2.00 bits per heavy atom. The van der Waals surface area contributed by atoms with Crippen molar-refractivity contribution in [2.24, 2.45) is 5.73 Å². The van der Waals surface area contributed by atoms with Crippen LogP contribution < -0.4 is 11.1 Å². The van der Waals surface area contributed by atoms with Crippen LogP contribution in [-0.2, 0) is 0 Å². The zero-order valence-electron chi connectivity index (χ0n) is 7.46. The predicted molar refractivity (Wildman–Crippen MR) is 52.9 cm³/mol. The van der Waals surface area contributed by atoms with Gasteiger partial charge in [-0.15, -0.1) is 0 Å². The lowest BCUT2D eigenvalue weighted by molar-refractivity contribution is 0.665. The van der Waals surface area contributed by atoms with Crippen LogP contribution in [0.5, 0.6) is 0 Å². The van der Waals surface area contributed by atoms with Gasteiger partial charge in [0.25, 0.3) is 0 Å². The summed E-state index contributed by atoms with van der Waals surface area (Å²) in [4.78, 5) is 0. The number of para-hydroxylation sites is 1. The average Bonchev–Trinajstić information content (AvgIpc) is 2.06. The molecule has 2 heteroatoms. The molecule has 0 aliphatic carbocycles. The Hall–Kier alpha value is -1.02. The molecule has 0 saturated heterocycles. The molecule has 0 aromatic heterocycles. The molecule has 0 bridgehead atoms. The number of benzene rings is 1. The molecule has 3 N–H and O–H groups in total. The van der Waals surface area contributed by atoms with Crippen molar-refractivity contribution in [2.45, 2.75) is 25.9 Å². The van der Waals surface area contributed by atoms with E-state index in [2.05, 4.69) is 12.2 Å². The van der Waals surface area contributed by atoms with Crippen LogP contribution in [0.3, 0.4) is 0 Å². The molecule has 66 valence electrons. The van der Waals surface area contributed by atoms with Crippen LogP contribution in [0, 0.1) is 0 Å². The summed E-state index contributed by atoms with van der Waals surface area (Å²) in [6, 6.07) is 10.0. The van der Waals surface area contributed by atoms with Crippen molar-refractivity contribution in [3.63, 3.8) is 0 Å². The lowest BCUT2D eigenvalue weighted by atomic mass is 10.2. The van der Waals surface area contributed by atoms with Crippen molar-refractivity contribution in [2.75, 3.05) is 5.32 Å². The van der Waals surface area contributed by atoms with Gasteiger partial charge in [-0.1, -0.05) is 31.5 Å². The van der Waals surface area contributed by atoms with Gasteiger partial charge in [-0.05, 0) is 18.6 Å². The summed E-state index contributed by atoms with van der Waals surface area (Å²) in [5.74, 6) is 0. The van der Waals surface area contributed by atoms with E-state index < -0.39 is 0 Å². The SMILES string of the molecule is CCCC(N)Nc1ccccc1. The maximum absolute atomic E-state index is 5.81. The highest BCUT2D eigenvalue weighted by atomic mass is 15.0. The highest BCUT2D eigenvalue weighted by molar-refractivity contribution is 5.42. The van der Waals surface area contributed by atoms with Gasteiger partial charge in [0.15, 0.2) is 0 Å². The Morgan fingerprint density at radius 1 is 1.33 bits per heavy atom. The summed E-state index contributed by atoms with van der Waals surface area (Å²) in [6.45, 7) is 2.13. The van der Waals surface area contributed by atoms with E-state index >= 15 is 0 Å². The fourth-order valence-electron chi connectivity index (χ4n) is 1.13. The molecule has 0 aliphatic rings. The molecule has 1 rings (SSSR count). The second kappa shape index (κ2) is 4.78. The molecule has 0 spiro atoms. The molecule has 0 amide bonds. The van der Waals surface area contributed by atoms with Gasteiger partial charge < -0.3 is 11.1 Å². The van der Waals surface area contributed by atoms with Gasteiger partial charge in [-0.3, -0.25) is 0 Å². The molecule has 0 fully saturated rings. The topological polar surface area (TPSA) is 38.0 Å². The first-order chi connectivity index (χ1) is 5.83. The molecular weight excluding hydrogens is 148 g/mol.